The molecule has 1 aromatic rings. The maximum atomic E-state index is 10.4. The lowest BCUT2D eigenvalue weighted by Gasteiger charge is -2.24. The Morgan fingerprint density at radius 2 is 2.18 bits per heavy atom. The first kappa shape index (κ1) is 14.0. The molecule has 1 N–H and O–H groups in total. The molecule has 1 unspecified atom stereocenters. The molecule has 5 nitrogen and oxygen atoms in total. The fourth-order valence-corrected chi connectivity index (χ4v) is 1.69. The lowest BCUT2D eigenvalue weighted by atomic mass is 9.98. The maximum Gasteiger partial charge on any atom is 0.162 e. The maximum absolute atomic E-state index is 10.4. The van der Waals surface area contributed by atoms with Gasteiger partial charge in [0.25, 0.3) is 0 Å². The van der Waals surface area contributed by atoms with Gasteiger partial charge in [0.05, 0.1) is 19.9 Å². The molecule has 0 saturated carbocycles. The molecular weight excluding hydrogens is 218 g/mol. The van der Waals surface area contributed by atoms with Crippen molar-refractivity contribution in [1.82, 2.24) is 14.7 Å². The summed E-state index contributed by atoms with van der Waals surface area (Å²) < 4.78 is 7.09. The van der Waals surface area contributed by atoms with Crippen LogP contribution in [0.5, 0.6) is 5.75 Å². The van der Waals surface area contributed by atoms with Crippen molar-refractivity contribution in [3.63, 3.8) is 0 Å². The zero-order valence-electron chi connectivity index (χ0n) is 11.4. The van der Waals surface area contributed by atoms with Crippen LogP contribution in [0.1, 0.15) is 26.0 Å². The van der Waals surface area contributed by atoms with E-state index in [1.165, 1.54) is 0 Å². The van der Waals surface area contributed by atoms with Crippen LogP contribution in [-0.2, 0) is 12.1 Å². The molecule has 1 rings (SSSR count). The third kappa shape index (κ3) is 3.20. The quantitative estimate of drug-likeness (QED) is 0.809. The molecule has 0 spiro atoms. The van der Waals surface area contributed by atoms with Crippen molar-refractivity contribution in [2.75, 3.05) is 27.7 Å². The highest BCUT2D eigenvalue weighted by Crippen LogP contribution is 2.31. The average Bonchev–Trinajstić information content (AvgIpc) is 2.69. The molecule has 0 bridgehead atoms. The third-order valence-corrected chi connectivity index (χ3v) is 2.98. The summed E-state index contributed by atoms with van der Waals surface area (Å²) >= 11 is 0. The van der Waals surface area contributed by atoms with Gasteiger partial charge < -0.3 is 14.7 Å². The molecule has 0 aliphatic carbocycles. The average molecular weight is 241 g/mol. The second kappa shape index (κ2) is 5.51. The van der Waals surface area contributed by atoms with Gasteiger partial charge in [-0.25, -0.2) is 0 Å². The van der Waals surface area contributed by atoms with Crippen molar-refractivity contribution in [1.29, 1.82) is 0 Å². The monoisotopic (exact) mass is 241 g/mol. The van der Waals surface area contributed by atoms with Crippen LogP contribution in [0, 0.1) is 0 Å². The summed E-state index contributed by atoms with van der Waals surface area (Å²) in [6.45, 7) is 5.35. The van der Waals surface area contributed by atoms with Crippen LogP contribution in [0.4, 0.5) is 0 Å². The third-order valence-electron chi connectivity index (χ3n) is 2.98. The lowest BCUT2D eigenvalue weighted by Crippen LogP contribution is -2.28. The van der Waals surface area contributed by atoms with Crippen LogP contribution >= 0.6 is 0 Å². The first-order valence-corrected chi connectivity index (χ1v) is 5.89. The van der Waals surface area contributed by atoms with Crippen molar-refractivity contribution < 1.29 is 9.84 Å². The minimum atomic E-state index is -0.909. The summed E-state index contributed by atoms with van der Waals surface area (Å²) in [4.78, 5) is 2.08. The Hall–Kier alpha value is -1.07. The van der Waals surface area contributed by atoms with Crippen molar-refractivity contribution in [3.8, 4) is 5.75 Å². The minimum absolute atomic E-state index is 0.622. The number of likely N-dealkylation sites (N-methyl/N-ethyl adjacent to an activating group) is 1. The summed E-state index contributed by atoms with van der Waals surface area (Å²) in [5.41, 5.74) is -0.155. The highest BCUT2D eigenvalue weighted by atomic mass is 16.5. The molecule has 0 aliphatic rings. The topological polar surface area (TPSA) is 50.5 Å². The lowest BCUT2D eigenvalue weighted by molar-refractivity contribution is 0.0404. The molecule has 0 saturated heterocycles. The van der Waals surface area contributed by atoms with E-state index in [9.17, 15) is 5.11 Å². The number of rotatable bonds is 6. The van der Waals surface area contributed by atoms with E-state index in [2.05, 4.69) is 10.00 Å². The standard InChI is InChI=1S/C12H23N3O2/c1-6-12(2,16)11-10(17-5)9-13-15(11)8-7-14(3)4/h9,16H,6-8H2,1-5H3. The summed E-state index contributed by atoms with van der Waals surface area (Å²) in [5.74, 6) is 0.649. The van der Waals surface area contributed by atoms with Crippen molar-refractivity contribution >= 4 is 0 Å². The zero-order valence-corrected chi connectivity index (χ0v) is 11.4. The molecule has 98 valence electrons. The van der Waals surface area contributed by atoms with Crippen LogP contribution in [0.3, 0.4) is 0 Å². The first-order chi connectivity index (χ1) is 7.92. The molecule has 0 radical (unpaired) electrons. The van der Waals surface area contributed by atoms with E-state index in [1.54, 1.807) is 20.2 Å². The van der Waals surface area contributed by atoms with Gasteiger partial charge in [-0.05, 0) is 27.4 Å². The largest absolute Gasteiger partial charge is 0.493 e. The Bertz CT molecular complexity index is 359. The van der Waals surface area contributed by atoms with Gasteiger partial charge in [0.1, 0.15) is 11.3 Å². The van der Waals surface area contributed by atoms with E-state index in [0.717, 1.165) is 18.8 Å². The highest BCUT2D eigenvalue weighted by Gasteiger charge is 2.29. The SMILES string of the molecule is CCC(C)(O)c1c(OC)cnn1CCN(C)C. The van der Waals surface area contributed by atoms with E-state index < -0.39 is 5.60 Å². The van der Waals surface area contributed by atoms with Gasteiger partial charge in [-0.1, -0.05) is 6.92 Å². The number of nitrogens with zero attached hydrogens (tertiary/aromatic N) is 3. The Labute approximate surface area is 103 Å². The second-order valence-corrected chi connectivity index (χ2v) is 4.72. The zero-order chi connectivity index (χ0) is 13.1. The number of hydrogen-bond donors (Lipinski definition) is 1. The normalized spacial score (nSPS) is 15.0. The second-order valence-electron chi connectivity index (χ2n) is 4.72. The van der Waals surface area contributed by atoms with Gasteiger partial charge >= 0.3 is 0 Å². The molecule has 5 heteroatoms. The van der Waals surface area contributed by atoms with Gasteiger partial charge in [-0.2, -0.15) is 5.10 Å². The van der Waals surface area contributed by atoms with Crippen LogP contribution in [0.15, 0.2) is 6.20 Å². The molecule has 1 heterocycles. The number of aliphatic hydroxyl groups is 1. The number of aromatic nitrogens is 2. The van der Waals surface area contributed by atoms with Gasteiger partial charge in [-0.3, -0.25) is 4.68 Å². The predicted octanol–water partition coefficient (Wildman–Crippen LogP) is 1.07. The molecular formula is C12H23N3O2. The molecule has 1 aromatic heterocycles. The number of methoxy groups -OCH3 is 1. The van der Waals surface area contributed by atoms with Crippen molar-refractivity contribution in [2.45, 2.75) is 32.4 Å². The molecule has 0 amide bonds. The van der Waals surface area contributed by atoms with Crippen molar-refractivity contribution in [2.24, 2.45) is 0 Å². The molecule has 17 heavy (non-hydrogen) atoms. The van der Waals surface area contributed by atoms with E-state index in [1.807, 2.05) is 25.7 Å². The van der Waals surface area contributed by atoms with Gasteiger partial charge in [0, 0.05) is 6.54 Å². The Morgan fingerprint density at radius 3 is 2.65 bits per heavy atom. The molecule has 0 fully saturated rings. The molecule has 0 aliphatic heterocycles. The van der Waals surface area contributed by atoms with Crippen LogP contribution in [0.2, 0.25) is 0 Å². The fraction of sp³-hybridized carbons (Fsp3) is 0.750. The number of hydrogen-bond acceptors (Lipinski definition) is 4. The van der Waals surface area contributed by atoms with Crippen molar-refractivity contribution in [3.05, 3.63) is 11.9 Å². The van der Waals surface area contributed by atoms with E-state index in [-0.39, 0.29) is 0 Å². The number of ether oxygens (including phenoxy) is 1. The Balaban J connectivity index is 3.02. The fourth-order valence-electron chi connectivity index (χ4n) is 1.69. The summed E-state index contributed by atoms with van der Waals surface area (Å²) in [6.07, 6.45) is 2.28. The van der Waals surface area contributed by atoms with E-state index in [4.69, 9.17) is 4.74 Å². The smallest absolute Gasteiger partial charge is 0.162 e. The Morgan fingerprint density at radius 1 is 1.53 bits per heavy atom. The van der Waals surface area contributed by atoms with E-state index >= 15 is 0 Å². The van der Waals surface area contributed by atoms with Crippen LogP contribution < -0.4 is 4.74 Å². The first-order valence-electron chi connectivity index (χ1n) is 5.89. The van der Waals surface area contributed by atoms with Crippen LogP contribution in [-0.4, -0.2) is 47.5 Å². The van der Waals surface area contributed by atoms with Gasteiger partial charge in [-0.15, -0.1) is 0 Å². The van der Waals surface area contributed by atoms with Gasteiger partial charge in [0.2, 0.25) is 0 Å². The summed E-state index contributed by atoms with van der Waals surface area (Å²) in [6, 6.07) is 0. The Kier molecular flexibility index (Phi) is 4.54. The van der Waals surface area contributed by atoms with Gasteiger partial charge in [0.15, 0.2) is 5.75 Å². The van der Waals surface area contributed by atoms with E-state index in [0.29, 0.717) is 12.2 Å². The molecule has 1 atom stereocenters. The summed E-state index contributed by atoms with van der Waals surface area (Å²) in [5, 5.41) is 14.7. The van der Waals surface area contributed by atoms with Crippen LogP contribution in [0.25, 0.3) is 0 Å². The minimum Gasteiger partial charge on any atom is -0.493 e. The molecule has 0 aromatic carbocycles. The summed E-state index contributed by atoms with van der Waals surface area (Å²) in [7, 11) is 5.62. The predicted molar refractivity (Wildman–Crippen MR) is 67.2 cm³/mol. The highest BCUT2D eigenvalue weighted by molar-refractivity contribution is 5.30.